The van der Waals surface area contributed by atoms with Crippen LogP contribution in [0.1, 0.15) is 35.2 Å². The molecule has 2 N–H and O–H groups in total. The zero-order chi connectivity index (χ0) is 12.0. The predicted molar refractivity (Wildman–Crippen MR) is 72.0 cm³/mol. The zero-order valence-electron chi connectivity index (χ0n) is 10.3. The molecule has 1 aliphatic rings. The third-order valence-electron chi connectivity index (χ3n) is 3.77. The van der Waals surface area contributed by atoms with Crippen LogP contribution >= 0.6 is 0 Å². The number of nitrogens with two attached hydrogens (primary N) is 1. The van der Waals surface area contributed by atoms with E-state index in [0.29, 0.717) is 0 Å². The molecule has 2 aromatic rings. The van der Waals surface area contributed by atoms with Gasteiger partial charge in [-0.25, -0.2) is 0 Å². The second-order valence-corrected chi connectivity index (χ2v) is 4.79. The number of rotatable bonds is 1. The minimum absolute atomic E-state index is 0.0476. The second kappa shape index (κ2) is 3.71. The minimum atomic E-state index is 0.0476. The van der Waals surface area contributed by atoms with Gasteiger partial charge in [-0.3, -0.25) is 0 Å². The van der Waals surface area contributed by atoms with E-state index in [1.54, 1.807) is 0 Å². The molecule has 0 saturated heterocycles. The third-order valence-corrected chi connectivity index (χ3v) is 3.77. The summed E-state index contributed by atoms with van der Waals surface area (Å²) in [6, 6.07) is 13.2. The van der Waals surface area contributed by atoms with Crippen molar-refractivity contribution in [3.8, 4) is 11.1 Å². The molecule has 0 aromatic heterocycles. The standard InChI is InChI=1S/C16H17N/c1-3-11-7-8-12-14(9-11)16(17)13-6-4-5-10(2)15(12)13/h4-9,16H,3,17H2,1-2H3. The van der Waals surface area contributed by atoms with Crippen molar-refractivity contribution in [3.63, 3.8) is 0 Å². The monoisotopic (exact) mass is 223 g/mol. The fourth-order valence-electron chi connectivity index (χ4n) is 2.80. The maximum Gasteiger partial charge on any atom is 0.0564 e. The first-order valence-corrected chi connectivity index (χ1v) is 6.20. The summed E-state index contributed by atoms with van der Waals surface area (Å²) in [7, 11) is 0. The zero-order valence-corrected chi connectivity index (χ0v) is 10.3. The lowest BCUT2D eigenvalue weighted by atomic mass is 9.99. The lowest BCUT2D eigenvalue weighted by Gasteiger charge is -2.07. The van der Waals surface area contributed by atoms with Gasteiger partial charge in [0.15, 0.2) is 0 Å². The molecule has 0 heterocycles. The second-order valence-electron chi connectivity index (χ2n) is 4.79. The molecule has 0 saturated carbocycles. The number of aryl methyl sites for hydroxylation is 2. The predicted octanol–water partition coefficient (Wildman–Crippen LogP) is 3.59. The molecule has 3 rings (SSSR count). The van der Waals surface area contributed by atoms with Crippen LogP contribution in [0, 0.1) is 6.92 Å². The van der Waals surface area contributed by atoms with Crippen molar-refractivity contribution >= 4 is 0 Å². The van der Waals surface area contributed by atoms with Gasteiger partial charge in [-0.1, -0.05) is 43.3 Å². The van der Waals surface area contributed by atoms with Crippen LogP contribution in [0.3, 0.4) is 0 Å². The quantitative estimate of drug-likeness (QED) is 0.785. The van der Waals surface area contributed by atoms with Crippen molar-refractivity contribution in [2.45, 2.75) is 26.3 Å². The van der Waals surface area contributed by atoms with E-state index >= 15 is 0 Å². The van der Waals surface area contributed by atoms with Crippen LogP contribution in [0.15, 0.2) is 36.4 Å². The van der Waals surface area contributed by atoms with E-state index in [-0.39, 0.29) is 6.04 Å². The van der Waals surface area contributed by atoms with Gasteiger partial charge >= 0.3 is 0 Å². The summed E-state index contributed by atoms with van der Waals surface area (Å²) < 4.78 is 0. The molecule has 1 aliphatic carbocycles. The third kappa shape index (κ3) is 1.43. The van der Waals surface area contributed by atoms with Crippen molar-refractivity contribution in [3.05, 3.63) is 58.7 Å². The molecule has 1 unspecified atom stereocenters. The van der Waals surface area contributed by atoms with Crippen LogP contribution in [-0.2, 0) is 6.42 Å². The summed E-state index contributed by atoms with van der Waals surface area (Å²) in [5.74, 6) is 0. The van der Waals surface area contributed by atoms with Crippen LogP contribution in [0.25, 0.3) is 11.1 Å². The van der Waals surface area contributed by atoms with Crippen molar-refractivity contribution in [1.82, 2.24) is 0 Å². The Bertz CT molecular complexity index is 584. The van der Waals surface area contributed by atoms with Crippen molar-refractivity contribution in [1.29, 1.82) is 0 Å². The largest absolute Gasteiger partial charge is 0.320 e. The van der Waals surface area contributed by atoms with Crippen LogP contribution in [-0.4, -0.2) is 0 Å². The van der Waals surface area contributed by atoms with Gasteiger partial charge in [0.25, 0.3) is 0 Å². The molecule has 1 nitrogen and oxygen atoms in total. The van der Waals surface area contributed by atoms with Gasteiger partial charge in [0, 0.05) is 0 Å². The van der Waals surface area contributed by atoms with Crippen LogP contribution in [0.2, 0.25) is 0 Å². The van der Waals surface area contributed by atoms with Crippen molar-refractivity contribution in [2.75, 3.05) is 0 Å². The number of hydrogen-bond acceptors (Lipinski definition) is 1. The highest BCUT2D eigenvalue weighted by molar-refractivity contribution is 5.81. The van der Waals surface area contributed by atoms with Crippen LogP contribution < -0.4 is 5.73 Å². The Morgan fingerprint density at radius 3 is 2.71 bits per heavy atom. The Kier molecular flexibility index (Phi) is 2.30. The number of hydrogen-bond donors (Lipinski definition) is 1. The normalized spacial score (nSPS) is 16.8. The van der Waals surface area contributed by atoms with Crippen molar-refractivity contribution in [2.24, 2.45) is 5.73 Å². The van der Waals surface area contributed by atoms with Crippen molar-refractivity contribution < 1.29 is 0 Å². The first kappa shape index (κ1) is 10.5. The van der Waals surface area contributed by atoms with Gasteiger partial charge in [-0.15, -0.1) is 0 Å². The molecule has 0 spiro atoms. The first-order chi connectivity index (χ1) is 8.22. The molecule has 1 heteroatoms. The van der Waals surface area contributed by atoms with E-state index < -0.39 is 0 Å². The van der Waals surface area contributed by atoms with Gasteiger partial charge < -0.3 is 5.73 Å². The van der Waals surface area contributed by atoms with E-state index in [4.69, 9.17) is 5.73 Å². The lowest BCUT2D eigenvalue weighted by Crippen LogP contribution is -2.08. The number of benzene rings is 2. The summed E-state index contributed by atoms with van der Waals surface area (Å²) in [6.07, 6.45) is 1.06. The van der Waals surface area contributed by atoms with Gasteiger partial charge in [-0.05, 0) is 46.7 Å². The molecule has 86 valence electrons. The van der Waals surface area contributed by atoms with Crippen LogP contribution in [0.5, 0.6) is 0 Å². The smallest absolute Gasteiger partial charge is 0.0564 e. The number of fused-ring (bicyclic) bond motifs is 3. The van der Waals surface area contributed by atoms with Gasteiger partial charge in [0.1, 0.15) is 0 Å². The maximum atomic E-state index is 6.35. The van der Waals surface area contributed by atoms with E-state index in [1.807, 2.05) is 0 Å². The fourth-order valence-corrected chi connectivity index (χ4v) is 2.80. The fraction of sp³-hybridized carbons (Fsp3) is 0.250. The average molecular weight is 223 g/mol. The summed E-state index contributed by atoms with van der Waals surface area (Å²) >= 11 is 0. The van der Waals surface area contributed by atoms with Crippen LogP contribution in [0.4, 0.5) is 0 Å². The highest BCUT2D eigenvalue weighted by Gasteiger charge is 2.26. The Labute approximate surface area is 102 Å². The van der Waals surface area contributed by atoms with Gasteiger partial charge in [0.05, 0.1) is 6.04 Å². The van der Waals surface area contributed by atoms with E-state index in [0.717, 1.165) is 6.42 Å². The lowest BCUT2D eigenvalue weighted by molar-refractivity contribution is 0.896. The minimum Gasteiger partial charge on any atom is -0.320 e. The molecule has 1 atom stereocenters. The van der Waals surface area contributed by atoms with Gasteiger partial charge in [0.2, 0.25) is 0 Å². The molecule has 17 heavy (non-hydrogen) atoms. The van der Waals surface area contributed by atoms with E-state index in [9.17, 15) is 0 Å². The highest BCUT2D eigenvalue weighted by Crippen LogP contribution is 2.44. The summed E-state index contributed by atoms with van der Waals surface area (Å²) in [6.45, 7) is 4.34. The molecule has 0 bridgehead atoms. The molecule has 0 fully saturated rings. The average Bonchev–Trinajstić information content (AvgIpc) is 2.64. The molecule has 0 amide bonds. The van der Waals surface area contributed by atoms with Gasteiger partial charge in [-0.2, -0.15) is 0 Å². The van der Waals surface area contributed by atoms with E-state index in [1.165, 1.54) is 33.4 Å². The Morgan fingerprint density at radius 1 is 1.12 bits per heavy atom. The summed E-state index contributed by atoms with van der Waals surface area (Å²) in [5.41, 5.74) is 14.3. The molecular weight excluding hydrogens is 206 g/mol. The summed E-state index contributed by atoms with van der Waals surface area (Å²) in [4.78, 5) is 0. The topological polar surface area (TPSA) is 26.0 Å². The first-order valence-electron chi connectivity index (χ1n) is 6.20. The highest BCUT2D eigenvalue weighted by atomic mass is 14.7. The molecule has 0 aliphatic heterocycles. The molecule has 2 aromatic carbocycles. The Morgan fingerprint density at radius 2 is 1.94 bits per heavy atom. The summed E-state index contributed by atoms with van der Waals surface area (Å²) in [5, 5.41) is 0. The van der Waals surface area contributed by atoms with E-state index in [2.05, 4.69) is 50.2 Å². The molecular formula is C16H17N. The Hall–Kier alpha value is -1.60. The molecule has 0 radical (unpaired) electrons. The Balaban J connectivity index is 2.28. The maximum absolute atomic E-state index is 6.35. The SMILES string of the molecule is CCc1ccc2c(c1)C(N)c1cccc(C)c1-2.